The van der Waals surface area contributed by atoms with E-state index in [4.69, 9.17) is 0 Å². The summed E-state index contributed by atoms with van der Waals surface area (Å²) in [5.41, 5.74) is 5.10. The summed E-state index contributed by atoms with van der Waals surface area (Å²) < 4.78 is 13.6. The van der Waals surface area contributed by atoms with Gasteiger partial charge in [-0.25, -0.2) is 4.39 Å². The van der Waals surface area contributed by atoms with E-state index in [-0.39, 0.29) is 5.82 Å². The molecule has 1 aliphatic rings. The van der Waals surface area contributed by atoms with Gasteiger partial charge in [-0.1, -0.05) is 55.0 Å². The van der Waals surface area contributed by atoms with Gasteiger partial charge in [0.25, 0.3) is 0 Å². The van der Waals surface area contributed by atoms with Gasteiger partial charge in [-0.3, -0.25) is 4.90 Å². The van der Waals surface area contributed by atoms with Crippen molar-refractivity contribution in [2.45, 2.75) is 38.6 Å². The Morgan fingerprint density at radius 2 is 1.79 bits per heavy atom. The second-order valence-corrected chi connectivity index (χ2v) is 6.78. The van der Waals surface area contributed by atoms with Crippen LogP contribution < -0.4 is 0 Å². The molecule has 2 aromatic carbocycles. The van der Waals surface area contributed by atoms with Gasteiger partial charge in [0.1, 0.15) is 5.82 Å². The van der Waals surface area contributed by atoms with Crippen molar-refractivity contribution in [1.82, 2.24) is 4.90 Å². The quantitative estimate of drug-likeness (QED) is 0.680. The van der Waals surface area contributed by atoms with Crippen LogP contribution in [0.3, 0.4) is 0 Å². The van der Waals surface area contributed by atoms with E-state index in [0.29, 0.717) is 5.56 Å². The first-order valence-electron chi connectivity index (χ1n) is 8.92. The summed E-state index contributed by atoms with van der Waals surface area (Å²) in [5, 5.41) is 0. The molecule has 0 radical (unpaired) electrons. The lowest BCUT2D eigenvalue weighted by Crippen LogP contribution is -2.17. The maximum absolute atomic E-state index is 13.6. The molecule has 0 aromatic heterocycles. The number of benzene rings is 2. The smallest absolute Gasteiger partial charge is 0.130 e. The van der Waals surface area contributed by atoms with E-state index in [1.807, 2.05) is 18.2 Å². The van der Waals surface area contributed by atoms with Crippen molar-refractivity contribution < 1.29 is 4.39 Å². The first kappa shape index (κ1) is 16.9. The van der Waals surface area contributed by atoms with Gasteiger partial charge in [0.15, 0.2) is 0 Å². The van der Waals surface area contributed by atoms with Gasteiger partial charge in [-0.05, 0) is 55.5 Å². The van der Waals surface area contributed by atoms with E-state index in [1.54, 1.807) is 23.3 Å². The topological polar surface area (TPSA) is 3.24 Å². The zero-order valence-electron chi connectivity index (χ0n) is 14.5. The van der Waals surface area contributed by atoms with Crippen LogP contribution in [0, 0.1) is 5.82 Å². The van der Waals surface area contributed by atoms with Crippen LogP contribution in [0.25, 0.3) is 6.08 Å². The van der Waals surface area contributed by atoms with E-state index >= 15 is 0 Å². The number of hydrogen-bond acceptors (Lipinski definition) is 1. The molecule has 0 atom stereocenters. The van der Waals surface area contributed by atoms with E-state index in [2.05, 4.69) is 30.1 Å². The lowest BCUT2D eigenvalue weighted by molar-refractivity contribution is 0.364. The standard InChI is InChI=1S/C22H26FN/c1-24(15-7-11-20-9-5-6-12-22(20)23)17-18-13-14-19-8-3-2-4-10-21(19)16-18/h5-7,9,11-14,16H,2-4,8,10,15,17H2,1H3. The van der Waals surface area contributed by atoms with Crippen LogP contribution in [0.5, 0.6) is 0 Å². The highest BCUT2D eigenvalue weighted by molar-refractivity contribution is 5.49. The van der Waals surface area contributed by atoms with Gasteiger partial charge in [-0.2, -0.15) is 0 Å². The largest absolute Gasteiger partial charge is 0.298 e. The Labute approximate surface area is 144 Å². The third-order valence-electron chi connectivity index (χ3n) is 4.74. The molecule has 2 aromatic rings. The van der Waals surface area contributed by atoms with E-state index < -0.39 is 0 Å². The molecule has 0 amide bonds. The molecular weight excluding hydrogens is 297 g/mol. The molecule has 0 bridgehead atoms. The minimum absolute atomic E-state index is 0.165. The summed E-state index contributed by atoms with van der Waals surface area (Å²) in [4.78, 5) is 2.26. The predicted octanol–water partition coefficient (Wildman–Crippen LogP) is 5.24. The Morgan fingerprint density at radius 3 is 2.62 bits per heavy atom. The molecule has 0 spiro atoms. The first-order valence-corrected chi connectivity index (χ1v) is 8.92. The number of rotatable bonds is 5. The van der Waals surface area contributed by atoms with Gasteiger partial charge < -0.3 is 0 Å². The van der Waals surface area contributed by atoms with Gasteiger partial charge in [0, 0.05) is 18.7 Å². The molecule has 0 unspecified atom stereocenters. The molecule has 0 aliphatic heterocycles. The van der Waals surface area contributed by atoms with E-state index in [9.17, 15) is 4.39 Å². The molecule has 1 nitrogen and oxygen atoms in total. The molecule has 126 valence electrons. The van der Waals surface area contributed by atoms with E-state index in [1.165, 1.54) is 43.7 Å². The van der Waals surface area contributed by atoms with Crippen LogP contribution in [-0.2, 0) is 19.4 Å². The summed E-state index contributed by atoms with van der Waals surface area (Å²) in [6.45, 7) is 1.74. The fraction of sp³-hybridized carbons (Fsp3) is 0.364. The number of aryl methyl sites for hydroxylation is 2. The molecule has 0 saturated heterocycles. The highest BCUT2D eigenvalue weighted by Gasteiger charge is 2.09. The monoisotopic (exact) mass is 323 g/mol. The van der Waals surface area contributed by atoms with Crippen molar-refractivity contribution in [1.29, 1.82) is 0 Å². The Kier molecular flexibility index (Phi) is 5.81. The predicted molar refractivity (Wildman–Crippen MR) is 99.5 cm³/mol. The first-order chi connectivity index (χ1) is 11.7. The van der Waals surface area contributed by atoms with Gasteiger partial charge >= 0.3 is 0 Å². The van der Waals surface area contributed by atoms with Gasteiger partial charge in [0.2, 0.25) is 0 Å². The molecule has 0 saturated carbocycles. The fourth-order valence-corrected chi connectivity index (χ4v) is 3.41. The lowest BCUT2D eigenvalue weighted by atomic mass is 10.00. The average Bonchev–Trinajstić information content (AvgIpc) is 2.81. The van der Waals surface area contributed by atoms with Crippen molar-refractivity contribution in [2.75, 3.05) is 13.6 Å². The van der Waals surface area contributed by atoms with Crippen LogP contribution in [0.4, 0.5) is 4.39 Å². The van der Waals surface area contributed by atoms with Crippen LogP contribution in [0.2, 0.25) is 0 Å². The third kappa shape index (κ3) is 4.55. The Morgan fingerprint density at radius 1 is 1.00 bits per heavy atom. The Hall–Kier alpha value is -1.93. The second-order valence-electron chi connectivity index (χ2n) is 6.78. The summed E-state index contributed by atoms with van der Waals surface area (Å²) in [6, 6.07) is 13.9. The number of likely N-dealkylation sites (N-methyl/N-ethyl adjacent to an activating group) is 1. The minimum atomic E-state index is -0.165. The van der Waals surface area contributed by atoms with Crippen LogP contribution in [-0.4, -0.2) is 18.5 Å². The average molecular weight is 323 g/mol. The third-order valence-corrected chi connectivity index (χ3v) is 4.74. The van der Waals surface area contributed by atoms with Crippen LogP contribution >= 0.6 is 0 Å². The Balaban J connectivity index is 1.58. The van der Waals surface area contributed by atoms with Gasteiger partial charge in [-0.15, -0.1) is 0 Å². The van der Waals surface area contributed by atoms with Crippen LogP contribution in [0.15, 0.2) is 48.5 Å². The molecular formula is C22H26FN. The van der Waals surface area contributed by atoms with Crippen molar-refractivity contribution in [3.05, 3.63) is 76.6 Å². The SMILES string of the molecule is CN(CC=Cc1ccccc1F)Cc1ccc2c(c1)CCCCC2. The fourth-order valence-electron chi connectivity index (χ4n) is 3.41. The normalized spacial score (nSPS) is 14.8. The lowest BCUT2D eigenvalue weighted by Gasteiger charge is -2.16. The number of fused-ring (bicyclic) bond motifs is 1. The maximum atomic E-state index is 13.6. The zero-order valence-corrected chi connectivity index (χ0v) is 14.5. The minimum Gasteiger partial charge on any atom is -0.298 e. The zero-order chi connectivity index (χ0) is 16.8. The highest BCUT2D eigenvalue weighted by atomic mass is 19.1. The molecule has 0 heterocycles. The summed E-state index contributed by atoms with van der Waals surface area (Å²) in [5.74, 6) is -0.165. The highest BCUT2D eigenvalue weighted by Crippen LogP contribution is 2.22. The molecule has 24 heavy (non-hydrogen) atoms. The molecule has 2 heteroatoms. The Bertz CT molecular complexity index is 705. The number of halogens is 1. The second kappa shape index (κ2) is 8.25. The molecule has 0 N–H and O–H groups in total. The van der Waals surface area contributed by atoms with Crippen molar-refractivity contribution in [2.24, 2.45) is 0 Å². The van der Waals surface area contributed by atoms with Crippen molar-refractivity contribution in [3.8, 4) is 0 Å². The number of hydrogen-bond donors (Lipinski definition) is 0. The van der Waals surface area contributed by atoms with Crippen molar-refractivity contribution in [3.63, 3.8) is 0 Å². The summed E-state index contributed by atoms with van der Waals surface area (Å²) >= 11 is 0. The van der Waals surface area contributed by atoms with Crippen LogP contribution in [0.1, 0.15) is 41.5 Å². The molecule has 3 rings (SSSR count). The maximum Gasteiger partial charge on any atom is 0.130 e. The molecule has 0 fully saturated rings. The number of nitrogens with zero attached hydrogens (tertiary/aromatic N) is 1. The summed E-state index contributed by atoms with van der Waals surface area (Å²) in [7, 11) is 2.11. The van der Waals surface area contributed by atoms with Crippen molar-refractivity contribution >= 4 is 6.08 Å². The van der Waals surface area contributed by atoms with Gasteiger partial charge in [0.05, 0.1) is 0 Å². The summed E-state index contributed by atoms with van der Waals surface area (Å²) in [6.07, 6.45) is 10.3. The molecule has 1 aliphatic carbocycles. The van der Waals surface area contributed by atoms with E-state index in [0.717, 1.165) is 13.1 Å².